The number of hydrogen-bond acceptors (Lipinski definition) is 2. The molecule has 1 aromatic heterocycles. The lowest BCUT2D eigenvalue weighted by molar-refractivity contribution is 0.574. The molecule has 4 heteroatoms. The van der Waals surface area contributed by atoms with Crippen LogP contribution in [-0.4, -0.2) is 9.55 Å². The zero-order valence-corrected chi connectivity index (χ0v) is 14.0. The van der Waals surface area contributed by atoms with E-state index < -0.39 is 0 Å². The zero-order valence-electron chi connectivity index (χ0n) is 12.4. The molecule has 0 amide bonds. The minimum Gasteiger partial charge on any atom is -0.306 e. The van der Waals surface area contributed by atoms with E-state index in [9.17, 15) is 0 Å². The maximum absolute atomic E-state index is 4.07. The van der Waals surface area contributed by atoms with E-state index in [2.05, 4.69) is 81.7 Å². The molecule has 3 nitrogen and oxygen atoms in total. The Kier molecular flexibility index (Phi) is 4.71. The van der Waals surface area contributed by atoms with Gasteiger partial charge in [-0.2, -0.15) is 0 Å². The third kappa shape index (κ3) is 3.64. The predicted octanol–water partition coefficient (Wildman–Crippen LogP) is 4.49. The molecule has 0 saturated carbocycles. The summed E-state index contributed by atoms with van der Waals surface area (Å²) in [5.41, 5.74) is 3.69. The normalized spacial score (nSPS) is 12.3. The molecular weight excluding hydrogens is 338 g/mol. The highest BCUT2D eigenvalue weighted by Crippen LogP contribution is 2.17. The lowest BCUT2D eigenvalue weighted by Gasteiger charge is -2.14. The van der Waals surface area contributed by atoms with Crippen molar-refractivity contribution in [3.8, 4) is 5.69 Å². The van der Waals surface area contributed by atoms with Gasteiger partial charge in [0.25, 0.3) is 0 Å². The molecule has 0 aliphatic rings. The van der Waals surface area contributed by atoms with E-state index in [4.69, 9.17) is 0 Å². The minimum absolute atomic E-state index is 0.321. The van der Waals surface area contributed by atoms with Crippen molar-refractivity contribution in [1.29, 1.82) is 0 Å². The Bertz CT molecular complexity index is 703. The van der Waals surface area contributed by atoms with Crippen molar-refractivity contribution in [2.24, 2.45) is 0 Å². The molecule has 1 atom stereocenters. The second kappa shape index (κ2) is 6.90. The Morgan fingerprint density at radius 1 is 1.09 bits per heavy atom. The SMILES string of the molecule is C[C@H](NCc1ccc(-n2ccnc2)cc1)c1ccc(Br)cc1. The smallest absolute Gasteiger partial charge is 0.0991 e. The second-order valence-electron chi connectivity index (χ2n) is 5.29. The van der Waals surface area contributed by atoms with Crippen LogP contribution in [-0.2, 0) is 6.54 Å². The van der Waals surface area contributed by atoms with Crippen LogP contribution in [0.1, 0.15) is 24.1 Å². The third-order valence-electron chi connectivity index (χ3n) is 3.72. The molecule has 2 aromatic carbocycles. The van der Waals surface area contributed by atoms with Gasteiger partial charge in [-0.1, -0.05) is 40.2 Å². The highest BCUT2D eigenvalue weighted by atomic mass is 79.9. The van der Waals surface area contributed by atoms with Gasteiger partial charge in [0.05, 0.1) is 6.33 Å². The van der Waals surface area contributed by atoms with E-state index >= 15 is 0 Å². The van der Waals surface area contributed by atoms with Gasteiger partial charge in [0.1, 0.15) is 0 Å². The summed E-state index contributed by atoms with van der Waals surface area (Å²) in [5, 5.41) is 3.55. The van der Waals surface area contributed by atoms with Gasteiger partial charge in [-0.3, -0.25) is 0 Å². The van der Waals surface area contributed by atoms with E-state index in [1.54, 1.807) is 6.20 Å². The number of benzene rings is 2. The molecule has 0 aliphatic heterocycles. The van der Waals surface area contributed by atoms with Crippen LogP contribution in [0.25, 0.3) is 5.69 Å². The predicted molar refractivity (Wildman–Crippen MR) is 93.0 cm³/mol. The van der Waals surface area contributed by atoms with Crippen LogP contribution in [0, 0.1) is 0 Å². The summed E-state index contributed by atoms with van der Waals surface area (Å²) in [4.78, 5) is 4.07. The van der Waals surface area contributed by atoms with Crippen molar-refractivity contribution in [3.05, 3.63) is 82.9 Å². The molecule has 0 unspecified atom stereocenters. The molecule has 0 aliphatic carbocycles. The first-order chi connectivity index (χ1) is 10.7. The number of hydrogen-bond donors (Lipinski definition) is 1. The van der Waals surface area contributed by atoms with Crippen LogP contribution in [0.2, 0.25) is 0 Å². The van der Waals surface area contributed by atoms with Crippen molar-refractivity contribution >= 4 is 15.9 Å². The van der Waals surface area contributed by atoms with Crippen molar-refractivity contribution in [2.75, 3.05) is 0 Å². The topological polar surface area (TPSA) is 29.9 Å². The molecule has 112 valence electrons. The third-order valence-corrected chi connectivity index (χ3v) is 4.25. The fourth-order valence-electron chi connectivity index (χ4n) is 2.34. The summed E-state index contributed by atoms with van der Waals surface area (Å²) in [7, 11) is 0. The Hall–Kier alpha value is -1.91. The lowest BCUT2D eigenvalue weighted by Crippen LogP contribution is -2.17. The number of nitrogens with zero attached hydrogens (tertiary/aromatic N) is 2. The number of nitrogens with one attached hydrogen (secondary N) is 1. The number of rotatable bonds is 5. The fourth-order valence-corrected chi connectivity index (χ4v) is 2.60. The van der Waals surface area contributed by atoms with E-state index in [-0.39, 0.29) is 0 Å². The van der Waals surface area contributed by atoms with Crippen molar-refractivity contribution in [3.63, 3.8) is 0 Å². The molecule has 22 heavy (non-hydrogen) atoms. The summed E-state index contributed by atoms with van der Waals surface area (Å²) in [6.07, 6.45) is 5.54. The van der Waals surface area contributed by atoms with Gasteiger partial charge in [-0.15, -0.1) is 0 Å². The van der Waals surface area contributed by atoms with Gasteiger partial charge in [-0.05, 0) is 42.3 Å². The molecule has 1 heterocycles. The molecule has 0 saturated heterocycles. The van der Waals surface area contributed by atoms with Gasteiger partial charge >= 0.3 is 0 Å². The van der Waals surface area contributed by atoms with Gasteiger partial charge in [0.15, 0.2) is 0 Å². The molecule has 1 N–H and O–H groups in total. The standard InChI is InChI=1S/C18H18BrN3/c1-14(16-4-6-17(19)7-5-16)21-12-15-2-8-18(9-3-15)22-11-10-20-13-22/h2-11,13-14,21H,12H2,1H3/t14-/m0/s1. The summed E-state index contributed by atoms with van der Waals surface area (Å²) in [5.74, 6) is 0. The van der Waals surface area contributed by atoms with E-state index in [0.717, 1.165) is 16.7 Å². The largest absolute Gasteiger partial charge is 0.306 e. The number of aromatic nitrogens is 2. The van der Waals surface area contributed by atoms with Gasteiger partial charge in [0, 0.05) is 35.1 Å². The van der Waals surface area contributed by atoms with E-state index in [0.29, 0.717) is 6.04 Å². The fraction of sp³-hybridized carbons (Fsp3) is 0.167. The van der Waals surface area contributed by atoms with Crippen molar-refractivity contribution < 1.29 is 0 Å². The van der Waals surface area contributed by atoms with Crippen molar-refractivity contribution in [2.45, 2.75) is 19.5 Å². The first kappa shape index (κ1) is 15.0. The Labute approximate surface area is 139 Å². The van der Waals surface area contributed by atoms with Crippen LogP contribution in [0.15, 0.2) is 71.7 Å². The summed E-state index contributed by atoms with van der Waals surface area (Å²) >= 11 is 3.47. The number of imidazole rings is 1. The Morgan fingerprint density at radius 3 is 2.45 bits per heavy atom. The van der Waals surface area contributed by atoms with Crippen LogP contribution in [0.3, 0.4) is 0 Å². The molecule has 0 fully saturated rings. The van der Waals surface area contributed by atoms with E-state index in [1.807, 2.05) is 17.1 Å². The zero-order chi connectivity index (χ0) is 15.4. The first-order valence-electron chi connectivity index (χ1n) is 7.28. The molecule has 0 spiro atoms. The summed E-state index contributed by atoms with van der Waals surface area (Å²) < 4.78 is 3.11. The van der Waals surface area contributed by atoms with E-state index in [1.165, 1.54) is 11.1 Å². The highest BCUT2D eigenvalue weighted by molar-refractivity contribution is 9.10. The van der Waals surface area contributed by atoms with Gasteiger partial charge in [-0.25, -0.2) is 4.98 Å². The maximum atomic E-state index is 4.07. The van der Waals surface area contributed by atoms with Crippen LogP contribution in [0.4, 0.5) is 0 Å². The molecule has 3 rings (SSSR count). The molecular formula is C18H18BrN3. The second-order valence-corrected chi connectivity index (χ2v) is 6.21. The monoisotopic (exact) mass is 355 g/mol. The summed E-state index contributed by atoms with van der Waals surface area (Å²) in [6.45, 7) is 3.03. The van der Waals surface area contributed by atoms with Crippen LogP contribution in [0.5, 0.6) is 0 Å². The molecule has 3 aromatic rings. The first-order valence-corrected chi connectivity index (χ1v) is 8.08. The van der Waals surface area contributed by atoms with Gasteiger partial charge < -0.3 is 9.88 Å². The Balaban J connectivity index is 1.60. The average molecular weight is 356 g/mol. The Morgan fingerprint density at radius 2 is 1.82 bits per heavy atom. The minimum atomic E-state index is 0.321. The lowest BCUT2D eigenvalue weighted by atomic mass is 10.1. The van der Waals surface area contributed by atoms with Crippen LogP contribution >= 0.6 is 15.9 Å². The van der Waals surface area contributed by atoms with Crippen molar-refractivity contribution in [1.82, 2.24) is 14.9 Å². The molecule has 0 radical (unpaired) electrons. The maximum Gasteiger partial charge on any atom is 0.0991 e. The van der Waals surface area contributed by atoms with Gasteiger partial charge in [0.2, 0.25) is 0 Å². The molecule has 0 bridgehead atoms. The van der Waals surface area contributed by atoms with Crippen LogP contribution < -0.4 is 5.32 Å². The number of halogens is 1. The average Bonchev–Trinajstić information content (AvgIpc) is 3.08. The quantitative estimate of drug-likeness (QED) is 0.730. The highest BCUT2D eigenvalue weighted by Gasteiger charge is 2.04. The summed E-state index contributed by atoms with van der Waals surface area (Å²) in [6, 6.07) is 17.3.